The van der Waals surface area contributed by atoms with Crippen LogP contribution in [-0.2, 0) is 9.63 Å². The van der Waals surface area contributed by atoms with Gasteiger partial charge in [-0.05, 0) is 36.4 Å². The molecule has 3 aliphatic rings. The zero-order chi connectivity index (χ0) is 22.0. The summed E-state index contributed by atoms with van der Waals surface area (Å²) in [6.45, 7) is 4.79. The van der Waals surface area contributed by atoms with E-state index in [0.717, 1.165) is 50.4 Å². The Kier molecular flexibility index (Phi) is 5.75. The number of amidine groups is 1. The summed E-state index contributed by atoms with van der Waals surface area (Å²) in [7, 11) is 0. The standard InChI is InChI=1S/C23H27FN6O2/c24-18-4-6-19(7-5-18)29-13-15-30(16-14-29)21(31)17-28-11-8-23(9-12-28)26-22(27-32-23)20-3-1-2-10-25-20/h1-7,10H,8-9,11-17H2,(H,26,27). The number of nitrogens with one attached hydrogen (secondary N) is 1. The molecule has 168 valence electrons. The van der Waals surface area contributed by atoms with Crippen molar-refractivity contribution in [3.05, 3.63) is 60.2 Å². The molecular formula is C23H27FN6O2. The highest BCUT2D eigenvalue weighted by Crippen LogP contribution is 2.30. The van der Waals surface area contributed by atoms with E-state index in [1.165, 1.54) is 12.1 Å². The van der Waals surface area contributed by atoms with Crippen molar-refractivity contribution >= 4 is 17.4 Å². The van der Waals surface area contributed by atoms with E-state index in [4.69, 9.17) is 9.83 Å². The second-order valence-electron chi connectivity index (χ2n) is 8.45. The normalized spacial score (nSPS) is 20.8. The van der Waals surface area contributed by atoms with Gasteiger partial charge in [-0.2, -0.15) is 0 Å². The van der Waals surface area contributed by atoms with Crippen LogP contribution in [0.5, 0.6) is 0 Å². The van der Waals surface area contributed by atoms with E-state index >= 15 is 0 Å². The summed E-state index contributed by atoms with van der Waals surface area (Å²) in [6.07, 6.45) is 3.18. The molecule has 1 aromatic heterocycles. The summed E-state index contributed by atoms with van der Waals surface area (Å²) in [5, 5.41) is 0. The maximum absolute atomic E-state index is 13.1. The van der Waals surface area contributed by atoms with Crippen LogP contribution in [-0.4, -0.2) is 78.1 Å². The molecule has 1 N–H and O–H groups in total. The molecule has 0 radical (unpaired) electrons. The first-order valence-electron chi connectivity index (χ1n) is 11.1. The third kappa shape index (κ3) is 4.44. The summed E-state index contributed by atoms with van der Waals surface area (Å²) in [5.41, 5.74) is 4.12. The molecule has 0 bridgehead atoms. The number of hydrogen-bond donors (Lipinski definition) is 1. The number of halogens is 1. The molecule has 2 aromatic rings. The van der Waals surface area contributed by atoms with Crippen LogP contribution in [0.4, 0.5) is 10.1 Å². The number of benzene rings is 1. The Morgan fingerprint density at radius 3 is 2.47 bits per heavy atom. The number of piperidine rings is 1. The maximum atomic E-state index is 13.1. The van der Waals surface area contributed by atoms with E-state index in [0.29, 0.717) is 25.5 Å². The number of likely N-dealkylation sites (tertiary alicyclic amines) is 1. The molecule has 8 nitrogen and oxygen atoms in total. The molecule has 0 saturated carbocycles. The van der Waals surface area contributed by atoms with Gasteiger partial charge in [0.05, 0.1) is 6.54 Å². The van der Waals surface area contributed by atoms with Gasteiger partial charge >= 0.3 is 0 Å². The molecule has 2 saturated heterocycles. The molecule has 3 aliphatic heterocycles. The SMILES string of the molecule is O=C(CN1CCC2(CC1)N=C(c1ccccn1)NO2)N1CCN(c2ccc(F)cc2)CC1. The quantitative estimate of drug-likeness (QED) is 0.783. The van der Waals surface area contributed by atoms with Crippen LogP contribution in [0.25, 0.3) is 0 Å². The molecular weight excluding hydrogens is 411 g/mol. The van der Waals surface area contributed by atoms with Gasteiger partial charge in [-0.1, -0.05) is 6.07 Å². The largest absolute Gasteiger partial charge is 0.368 e. The smallest absolute Gasteiger partial charge is 0.236 e. The maximum Gasteiger partial charge on any atom is 0.236 e. The number of aromatic nitrogens is 1. The zero-order valence-corrected chi connectivity index (χ0v) is 17.9. The second kappa shape index (κ2) is 8.84. The lowest BCUT2D eigenvalue weighted by molar-refractivity contribution is -0.135. The molecule has 0 aliphatic carbocycles. The third-order valence-electron chi connectivity index (χ3n) is 6.38. The summed E-state index contributed by atoms with van der Waals surface area (Å²) < 4.78 is 13.1. The van der Waals surface area contributed by atoms with Crippen LogP contribution >= 0.6 is 0 Å². The predicted octanol–water partition coefficient (Wildman–Crippen LogP) is 1.64. The van der Waals surface area contributed by atoms with Crippen molar-refractivity contribution in [2.75, 3.05) is 50.7 Å². The van der Waals surface area contributed by atoms with Gasteiger partial charge in [0.25, 0.3) is 0 Å². The minimum absolute atomic E-state index is 0.155. The van der Waals surface area contributed by atoms with Gasteiger partial charge in [0.1, 0.15) is 11.5 Å². The van der Waals surface area contributed by atoms with E-state index in [9.17, 15) is 9.18 Å². The number of rotatable bonds is 4. The van der Waals surface area contributed by atoms with Crippen LogP contribution in [0.15, 0.2) is 53.7 Å². The lowest BCUT2D eigenvalue weighted by Crippen LogP contribution is -2.53. The highest BCUT2D eigenvalue weighted by Gasteiger charge is 2.41. The van der Waals surface area contributed by atoms with Crippen LogP contribution in [0.3, 0.4) is 0 Å². The fourth-order valence-corrected chi connectivity index (χ4v) is 4.44. The van der Waals surface area contributed by atoms with Crippen molar-refractivity contribution in [3.8, 4) is 0 Å². The Labute approximate surface area is 186 Å². The van der Waals surface area contributed by atoms with Crippen molar-refractivity contribution in [1.29, 1.82) is 0 Å². The molecule has 0 unspecified atom stereocenters. The van der Waals surface area contributed by atoms with E-state index in [-0.39, 0.29) is 11.7 Å². The van der Waals surface area contributed by atoms with Crippen molar-refractivity contribution in [3.63, 3.8) is 0 Å². The highest BCUT2D eigenvalue weighted by atomic mass is 19.1. The van der Waals surface area contributed by atoms with Gasteiger partial charge in [-0.3, -0.25) is 14.7 Å². The molecule has 5 rings (SSSR count). The number of aliphatic imine (C=N–C) groups is 1. The fourth-order valence-electron chi connectivity index (χ4n) is 4.44. The van der Waals surface area contributed by atoms with Crippen molar-refractivity contribution < 1.29 is 14.0 Å². The second-order valence-corrected chi connectivity index (χ2v) is 8.45. The number of anilines is 1. The van der Waals surface area contributed by atoms with E-state index in [1.807, 2.05) is 23.1 Å². The molecule has 1 spiro atoms. The van der Waals surface area contributed by atoms with Crippen LogP contribution in [0.1, 0.15) is 18.5 Å². The number of carbonyl (C=O) groups is 1. The average molecular weight is 439 g/mol. The predicted molar refractivity (Wildman–Crippen MR) is 119 cm³/mol. The molecule has 1 aromatic carbocycles. The Morgan fingerprint density at radius 1 is 1.03 bits per heavy atom. The van der Waals surface area contributed by atoms with E-state index < -0.39 is 5.72 Å². The summed E-state index contributed by atoms with van der Waals surface area (Å²) in [6, 6.07) is 12.2. The van der Waals surface area contributed by atoms with Gasteiger partial charge in [-0.15, -0.1) is 0 Å². The van der Waals surface area contributed by atoms with Crippen molar-refractivity contribution in [1.82, 2.24) is 20.3 Å². The van der Waals surface area contributed by atoms with Crippen molar-refractivity contribution in [2.45, 2.75) is 18.6 Å². The monoisotopic (exact) mass is 438 g/mol. The summed E-state index contributed by atoms with van der Waals surface area (Å²) >= 11 is 0. The first-order valence-corrected chi connectivity index (χ1v) is 11.1. The Hall–Kier alpha value is -3.04. The van der Waals surface area contributed by atoms with Crippen molar-refractivity contribution in [2.24, 2.45) is 4.99 Å². The molecule has 0 atom stereocenters. The summed E-state index contributed by atoms with van der Waals surface area (Å²) in [5.74, 6) is 0.584. The first kappa shape index (κ1) is 20.8. The van der Waals surface area contributed by atoms with Gasteiger partial charge in [0, 0.05) is 64.0 Å². The lowest BCUT2D eigenvalue weighted by atomic mass is 10.0. The molecule has 1 amide bonds. The van der Waals surface area contributed by atoms with Crippen LogP contribution in [0, 0.1) is 5.82 Å². The molecule has 32 heavy (non-hydrogen) atoms. The fraction of sp³-hybridized carbons (Fsp3) is 0.435. The Morgan fingerprint density at radius 2 is 1.78 bits per heavy atom. The number of carbonyl (C=O) groups excluding carboxylic acids is 1. The third-order valence-corrected chi connectivity index (χ3v) is 6.38. The van der Waals surface area contributed by atoms with Gasteiger partial charge in [-0.25, -0.2) is 19.7 Å². The zero-order valence-electron chi connectivity index (χ0n) is 17.9. The van der Waals surface area contributed by atoms with Gasteiger partial charge < -0.3 is 9.80 Å². The molecule has 2 fully saturated rings. The highest BCUT2D eigenvalue weighted by molar-refractivity contribution is 5.97. The first-order chi connectivity index (χ1) is 15.6. The molecule has 9 heteroatoms. The number of hydrogen-bond acceptors (Lipinski definition) is 7. The molecule has 4 heterocycles. The van der Waals surface area contributed by atoms with E-state index in [2.05, 4.69) is 20.3 Å². The minimum Gasteiger partial charge on any atom is -0.368 e. The number of pyridine rings is 1. The number of amides is 1. The minimum atomic E-state index is -0.576. The van der Waals surface area contributed by atoms with E-state index in [1.54, 1.807) is 18.3 Å². The number of nitrogens with zero attached hydrogens (tertiary/aromatic N) is 5. The lowest BCUT2D eigenvalue weighted by Gasteiger charge is -2.39. The van der Waals surface area contributed by atoms with Crippen LogP contribution < -0.4 is 10.4 Å². The number of hydroxylamine groups is 1. The number of piperazine rings is 1. The Bertz CT molecular complexity index is 968. The Balaban J connectivity index is 1.10. The topological polar surface area (TPSA) is 73.3 Å². The van der Waals surface area contributed by atoms with Gasteiger partial charge in [0.15, 0.2) is 11.6 Å². The van der Waals surface area contributed by atoms with Crippen LogP contribution in [0.2, 0.25) is 0 Å². The average Bonchev–Trinajstić information content (AvgIpc) is 3.25. The summed E-state index contributed by atoms with van der Waals surface area (Å²) in [4.78, 5) is 34.1. The van der Waals surface area contributed by atoms with Gasteiger partial charge in [0.2, 0.25) is 5.91 Å².